The molecule has 1 aromatic heterocycles. The Balaban J connectivity index is 1.79. The van der Waals surface area contributed by atoms with E-state index >= 15 is 0 Å². The van der Waals surface area contributed by atoms with Gasteiger partial charge in [-0.25, -0.2) is 9.07 Å². The van der Waals surface area contributed by atoms with Crippen LogP contribution in [0, 0.1) is 11.7 Å². The maximum Gasteiger partial charge on any atom is 0.274 e. The van der Waals surface area contributed by atoms with Gasteiger partial charge in [0.2, 0.25) is 0 Å². The number of likely N-dealkylation sites (tertiary alicyclic amines) is 1. The fraction of sp³-hybridized carbons (Fsp3) is 0.412. The lowest BCUT2D eigenvalue weighted by Gasteiger charge is -2.37. The van der Waals surface area contributed by atoms with Crippen molar-refractivity contribution in [1.29, 1.82) is 0 Å². The number of halogens is 1. The largest absolute Gasteiger partial charge is 0.333 e. The summed E-state index contributed by atoms with van der Waals surface area (Å²) < 4.78 is 14.6. The van der Waals surface area contributed by atoms with Gasteiger partial charge >= 0.3 is 0 Å². The zero-order chi connectivity index (χ0) is 16.4. The van der Waals surface area contributed by atoms with Crippen LogP contribution in [0.3, 0.4) is 0 Å². The van der Waals surface area contributed by atoms with E-state index in [-0.39, 0.29) is 17.8 Å². The summed E-state index contributed by atoms with van der Waals surface area (Å²) in [6.45, 7) is 3.37. The van der Waals surface area contributed by atoms with Crippen LogP contribution in [0.2, 0.25) is 0 Å². The topological polar surface area (TPSA) is 64.2 Å². The van der Waals surface area contributed by atoms with Gasteiger partial charge in [0, 0.05) is 25.3 Å². The van der Waals surface area contributed by atoms with Crippen LogP contribution in [0.4, 0.5) is 4.39 Å². The summed E-state index contributed by atoms with van der Waals surface area (Å²) in [6.07, 6.45) is 3.63. The molecule has 1 aliphatic rings. The highest BCUT2D eigenvalue weighted by Gasteiger charge is 2.30. The Bertz CT molecular complexity index is 682. The molecular formula is C17H21FN4O. The number of nitrogens with zero attached hydrogens (tertiary/aromatic N) is 3. The summed E-state index contributed by atoms with van der Waals surface area (Å²) >= 11 is 0. The van der Waals surface area contributed by atoms with Crippen LogP contribution < -0.4 is 5.73 Å². The lowest BCUT2D eigenvalue weighted by molar-refractivity contribution is 0.0567. The minimum absolute atomic E-state index is 0.0715. The number of piperidine rings is 1. The van der Waals surface area contributed by atoms with Gasteiger partial charge in [-0.3, -0.25) is 4.79 Å². The van der Waals surface area contributed by atoms with Crippen LogP contribution in [-0.4, -0.2) is 39.7 Å². The number of rotatable bonds is 3. The predicted octanol–water partition coefficient (Wildman–Crippen LogP) is 2.21. The van der Waals surface area contributed by atoms with Gasteiger partial charge in [0.1, 0.15) is 5.82 Å². The number of hydrogen-bond donors (Lipinski definition) is 1. The molecule has 1 fully saturated rings. The summed E-state index contributed by atoms with van der Waals surface area (Å²) in [4.78, 5) is 14.5. The Hall–Kier alpha value is -2.21. The van der Waals surface area contributed by atoms with Gasteiger partial charge in [-0.15, -0.1) is 0 Å². The fourth-order valence-electron chi connectivity index (χ4n) is 3.07. The highest BCUT2D eigenvalue weighted by Crippen LogP contribution is 2.23. The molecule has 3 rings (SSSR count). The standard InChI is InChI=1S/C17H21FN4O/c1-12-6-8-21(15(10-12)11-19)17(23)16-7-9-22(20-16)14-4-2-13(18)3-5-14/h2-5,7,9,12,15H,6,8,10-11,19H2,1H3. The molecule has 0 saturated carbocycles. The molecule has 1 amide bonds. The van der Waals surface area contributed by atoms with E-state index in [0.29, 0.717) is 30.4 Å². The van der Waals surface area contributed by atoms with E-state index in [0.717, 1.165) is 12.8 Å². The first kappa shape index (κ1) is 15.7. The smallest absolute Gasteiger partial charge is 0.274 e. The molecule has 1 aromatic carbocycles. The van der Waals surface area contributed by atoms with Crippen LogP contribution in [0.15, 0.2) is 36.5 Å². The number of hydrogen-bond acceptors (Lipinski definition) is 3. The van der Waals surface area contributed by atoms with E-state index in [9.17, 15) is 9.18 Å². The molecule has 0 aliphatic carbocycles. The highest BCUT2D eigenvalue weighted by molar-refractivity contribution is 5.92. The molecule has 2 N–H and O–H groups in total. The molecule has 2 aromatic rings. The van der Waals surface area contributed by atoms with Crippen molar-refractivity contribution in [1.82, 2.24) is 14.7 Å². The number of carbonyl (C=O) groups is 1. The number of aromatic nitrogens is 2. The molecule has 1 aliphatic heterocycles. The number of nitrogens with two attached hydrogens (primary N) is 1. The lowest BCUT2D eigenvalue weighted by atomic mass is 9.92. The average Bonchev–Trinajstić information content (AvgIpc) is 3.04. The minimum Gasteiger partial charge on any atom is -0.333 e. The van der Waals surface area contributed by atoms with Crippen molar-refractivity contribution < 1.29 is 9.18 Å². The van der Waals surface area contributed by atoms with Gasteiger partial charge in [0.15, 0.2) is 5.69 Å². The third kappa shape index (κ3) is 3.27. The molecule has 0 spiro atoms. The summed E-state index contributed by atoms with van der Waals surface area (Å²) in [5.41, 5.74) is 6.93. The summed E-state index contributed by atoms with van der Waals surface area (Å²) in [7, 11) is 0. The Morgan fingerprint density at radius 2 is 2.09 bits per heavy atom. The summed E-state index contributed by atoms with van der Waals surface area (Å²) in [6, 6.07) is 7.76. The molecule has 2 atom stereocenters. The molecule has 122 valence electrons. The van der Waals surface area contributed by atoms with Crippen molar-refractivity contribution in [2.45, 2.75) is 25.8 Å². The maximum atomic E-state index is 13.0. The van der Waals surface area contributed by atoms with Crippen molar-refractivity contribution in [3.8, 4) is 5.69 Å². The third-order valence-electron chi connectivity index (χ3n) is 4.41. The lowest BCUT2D eigenvalue weighted by Crippen LogP contribution is -2.49. The second-order valence-electron chi connectivity index (χ2n) is 6.14. The molecule has 2 heterocycles. The van der Waals surface area contributed by atoms with E-state index in [1.165, 1.54) is 12.1 Å². The maximum absolute atomic E-state index is 13.0. The van der Waals surface area contributed by atoms with Gasteiger partial charge < -0.3 is 10.6 Å². The molecule has 0 radical (unpaired) electrons. The van der Waals surface area contributed by atoms with Crippen molar-refractivity contribution in [3.63, 3.8) is 0 Å². The van der Waals surface area contributed by atoms with Gasteiger partial charge in [0.25, 0.3) is 5.91 Å². The summed E-state index contributed by atoms with van der Waals surface area (Å²) in [5, 5.41) is 4.34. The van der Waals surface area contributed by atoms with Crippen molar-refractivity contribution in [2.24, 2.45) is 11.7 Å². The third-order valence-corrected chi connectivity index (χ3v) is 4.41. The molecule has 5 nitrogen and oxygen atoms in total. The van der Waals surface area contributed by atoms with E-state index in [2.05, 4.69) is 12.0 Å². The first-order valence-corrected chi connectivity index (χ1v) is 7.91. The first-order valence-electron chi connectivity index (χ1n) is 7.91. The van der Waals surface area contributed by atoms with Gasteiger partial charge in [-0.1, -0.05) is 6.92 Å². The number of carbonyl (C=O) groups excluding carboxylic acids is 1. The van der Waals surface area contributed by atoms with Crippen molar-refractivity contribution in [3.05, 3.63) is 48.0 Å². The number of benzene rings is 1. The fourth-order valence-corrected chi connectivity index (χ4v) is 3.07. The molecule has 23 heavy (non-hydrogen) atoms. The number of amides is 1. The van der Waals surface area contributed by atoms with Crippen LogP contribution in [-0.2, 0) is 0 Å². The van der Waals surface area contributed by atoms with Crippen molar-refractivity contribution in [2.75, 3.05) is 13.1 Å². The van der Waals surface area contributed by atoms with E-state index in [4.69, 9.17) is 5.73 Å². The SMILES string of the molecule is CC1CCN(C(=O)c2ccn(-c3ccc(F)cc3)n2)C(CN)C1. The Kier molecular flexibility index (Phi) is 4.43. The molecule has 1 saturated heterocycles. The van der Waals surface area contributed by atoms with Crippen LogP contribution in [0.5, 0.6) is 0 Å². The minimum atomic E-state index is -0.301. The Morgan fingerprint density at radius 3 is 2.78 bits per heavy atom. The van der Waals surface area contributed by atoms with Gasteiger partial charge in [-0.05, 0) is 49.1 Å². The normalized spacial score (nSPS) is 21.4. The monoisotopic (exact) mass is 316 g/mol. The van der Waals surface area contributed by atoms with Crippen LogP contribution in [0.25, 0.3) is 5.69 Å². The molecule has 2 unspecified atom stereocenters. The van der Waals surface area contributed by atoms with Gasteiger partial charge in [-0.2, -0.15) is 5.10 Å². The van der Waals surface area contributed by atoms with E-state index in [1.54, 1.807) is 29.1 Å². The Morgan fingerprint density at radius 1 is 1.35 bits per heavy atom. The quantitative estimate of drug-likeness (QED) is 0.944. The second-order valence-corrected chi connectivity index (χ2v) is 6.14. The molecule has 6 heteroatoms. The highest BCUT2D eigenvalue weighted by atomic mass is 19.1. The predicted molar refractivity (Wildman–Crippen MR) is 85.8 cm³/mol. The second kappa shape index (κ2) is 6.50. The van der Waals surface area contributed by atoms with Crippen molar-refractivity contribution >= 4 is 5.91 Å². The van der Waals surface area contributed by atoms with E-state index < -0.39 is 0 Å². The molecule has 0 bridgehead atoms. The molecular weight excluding hydrogens is 295 g/mol. The first-order chi connectivity index (χ1) is 11.1. The zero-order valence-corrected chi connectivity index (χ0v) is 13.2. The summed E-state index contributed by atoms with van der Waals surface area (Å²) in [5.74, 6) is 0.197. The van der Waals surface area contributed by atoms with Crippen LogP contribution in [0.1, 0.15) is 30.3 Å². The average molecular weight is 316 g/mol. The van der Waals surface area contributed by atoms with Gasteiger partial charge in [0.05, 0.1) is 5.69 Å². The van der Waals surface area contributed by atoms with Crippen LogP contribution >= 0.6 is 0 Å². The van der Waals surface area contributed by atoms with E-state index in [1.807, 2.05) is 4.90 Å². The Labute approximate surface area is 134 Å². The zero-order valence-electron chi connectivity index (χ0n) is 13.2.